The number of ether oxygens (including phenoxy) is 1. The molecule has 0 amide bonds. The monoisotopic (exact) mass is 288 g/mol. The Morgan fingerprint density at radius 3 is 2.55 bits per heavy atom. The quantitative estimate of drug-likeness (QED) is 0.878. The second-order valence-electron chi connectivity index (χ2n) is 4.37. The lowest BCUT2D eigenvalue weighted by atomic mass is 9.86. The fourth-order valence-corrected chi connectivity index (χ4v) is 2.15. The van der Waals surface area contributed by atoms with Crippen molar-refractivity contribution < 1.29 is 32.9 Å². The number of rotatable bonds is 2. The van der Waals surface area contributed by atoms with E-state index in [4.69, 9.17) is 9.84 Å². The number of benzene rings is 1. The van der Waals surface area contributed by atoms with Crippen molar-refractivity contribution in [3.05, 3.63) is 29.3 Å². The first-order chi connectivity index (χ1) is 9.21. The molecule has 0 bridgehead atoms. The van der Waals surface area contributed by atoms with E-state index in [1.54, 1.807) is 0 Å². The maximum atomic E-state index is 13.3. The van der Waals surface area contributed by atoms with Gasteiger partial charge >= 0.3 is 12.1 Å². The van der Waals surface area contributed by atoms with Gasteiger partial charge in [-0.05, 0) is 24.6 Å². The minimum Gasteiger partial charge on any atom is -0.508 e. The molecule has 2 N–H and O–H groups in total. The van der Waals surface area contributed by atoms with Gasteiger partial charge in [0.2, 0.25) is 5.60 Å². The number of carbonyl (C=O) groups is 1. The first-order valence-electron chi connectivity index (χ1n) is 5.75. The predicted molar refractivity (Wildman–Crippen MR) is 63.4 cm³/mol. The second-order valence-corrected chi connectivity index (χ2v) is 4.37. The molecule has 0 saturated carbocycles. The maximum absolute atomic E-state index is 13.3. The van der Waals surface area contributed by atoms with Crippen LogP contribution < -0.4 is 4.74 Å². The van der Waals surface area contributed by atoms with E-state index in [1.165, 1.54) is 19.1 Å². The Morgan fingerprint density at radius 1 is 1.40 bits per heavy atom. The summed E-state index contributed by atoms with van der Waals surface area (Å²) in [4.78, 5) is 11.2. The highest BCUT2D eigenvalue weighted by molar-refractivity contribution is 5.96. The zero-order chi connectivity index (χ0) is 15.1. The van der Waals surface area contributed by atoms with Crippen LogP contribution in [0.5, 0.6) is 11.5 Å². The highest BCUT2D eigenvalue weighted by Gasteiger charge is 2.61. The number of fused-ring (bicyclic) bond motifs is 1. The number of carboxylic acid groups (broad SMARTS) is 1. The Kier molecular flexibility index (Phi) is 3.15. The molecule has 0 spiro atoms. The zero-order valence-corrected chi connectivity index (χ0v) is 10.4. The Bertz CT molecular complexity index is 592. The van der Waals surface area contributed by atoms with E-state index in [2.05, 4.69) is 0 Å². The molecule has 1 heterocycles. The van der Waals surface area contributed by atoms with Crippen molar-refractivity contribution in [2.45, 2.75) is 25.1 Å². The molecule has 4 nitrogen and oxygen atoms in total. The van der Waals surface area contributed by atoms with Gasteiger partial charge in [0.05, 0.1) is 5.57 Å². The third-order valence-electron chi connectivity index (χ3n) is 3.20. The summed E-state index contributed by atoms with van der Waals surface area (Å²) >= 11 is 0. The van der Waals surface area contributed by atoms with Gasteiger partial charge in [-0.3, -0.25) is 0 Å². The molecule has 20 heavy (non-hydrogen) atoms. The summed E-state index contributed by atoms with van der Waals surface area (Å²) in [6.07, 6.45) is -4.56. The summed E-state index contributed by atoms with van der Waals surface area (Å²) < 4.78 is 44.9. The lowest BCUT2D eigenvalue weighted by Crippen LogP contribution is -2.54. The van der Waals surface area contributed by atoms with Crippen molar-refractivity contribution in [2.75, 3.05) is 0 Å². The molecule has 1 aromatic carbocycles. The summed E-state index contributed by atoms with van der Waals surface area (Å²) in [5, 5.41) is 18.4. The maximum Gasteiger partial charge on any atom is 0.432 e. The normalized spacial score (nSPS) is 21.7. The fourth-order valence-electron chi connectivity index (χ4n) is 2.15. The number of aliphatic carboxylic acids is 1. The fraction of sp³-hybridized carbons (Fsp3) is 0.308. The topological polar surface area (TPSA) is 66.8 Å². The third-order valence-corrected chi connectivity index (χ3v) is 3.20. The van der Waals surface area contributed by atoms with Crippen molar-refractivity contribution in [3.63, 3.8) is 0 Å². The lowest BCUT2D eigenvalue weighted by molar-refractivity contribution is -0.236. The molecule has 1 aliphatic rings. The van der Waals surface area contributed by atoms with Crippen molar-refractivity contribution in [2.24, 2.45) is 0 Å². The van der Waals surface area contributed by atoms with Gasteiger partial charge in [0.1, 0.15) is 11.5 Å². The minimum atomic E-state index is -4.89. The molecule has 1 unspecified atom stereocenters. The van der Waals surface area contributed by atoms with Crippen LogP contribution in [-0.2, 0) is 4.79 Å². The van der Waals surface area contributed by atoms with Crippen LogP contribution in [0.2, 0.25) is 0 Å². The highest BCUT2D eigenvalue weighted by Crippen LogP contribution is 2.47. The number of phenolic OH excluding ortho intramolecular Hbond substituents is 1. The summed E-state index contributed by atoms with van der Waals surface area (Å²) in [6.45, 7) is 1.19. The van der Waals surface area contributed by atoms with E-state index >= 15 is 0 Å². The predicted octanol–water partition coefficient (Wildman–Crippen LogP) is 2.96. The molecular weight excluding hydrogens is 277 g/mol. The molecule has 1 aliphatic heterocycles. The Hall–Kier alpha value is -2.18. The molecule has 0 aliphatic carbocycles. The zero-order valence-electron chi connectivity index (χ0n) is 10.4. The van der Waals surface area contributed by atoms with Crippen molar-refractivity contribution in [3.8, 4) is 11.5 Å². The smallest absolute Gasteiger partial charge is 0.432 e. The molecular formula is C13H11F3O4. The van der Waals surface area contributed by atoms with E-state index in [-0.39, 0.29) is 17.1 Å². The molecule has 108 valence electrons. The highest BCUT2D eigenvalue weighted by atomic mass is 19.4. The summed E-state index contributed by atoms with van der Waals surface area (Å²) in [5.41, 5.74) is -3.61. The SMILES string of the molecule is CCC1(C(F)(F)F)Oc2cc(O)ccc2C=C1C(=O)O. The van der Waals surface area contributed by atoms with Crippen LogP contribution in [0, 0.1) is 0 Å². The Morgan fingerprint density at radius 2 is 2.05 bits per heavy atom. The van der Waals surface area contributed by atoms with E-state index in [1.807, 2.05) is 0 Å². The number of phenols is 1. The van der Waals surface area contributed by atoms with E-state index in [9.17, 15) is 23.1 Å². The van der Waals surface area contributed by atoms with Crippen molar-refractivity contribution >= 4 is 12.0 Å². The lowest BCUT2D eigenvalue weighted by Gasteiger charge is -2.38. The van der Waals surface area contributed by atoms with Gasteiger partial charge in [0.25, 0.3) is 0 Å². The van der Waals surface area contributed by atoms with Gasteiger partial charge in [0, 0.05) is 11.6 Å². The number of hydrogen-bond acceptors (Lipinski definition) is 3. The van der Waals surface area contributed by atoms with Crippen LogP contribution >= 0.6 is 0 Å². The summed E-state index contributed by atoms with van der Waals surface area (Å²) in [7, 11) is 0. The first-order valence-corrected chi connectivity index (χ1v) is 5.75. The second kappa shape index (κ2) is 4.43. The van der Waals surface area contributed by atoms with E-state index < -0.39 is 29.7 Å². The van der Waals surface area contributed by atoms with Crippen LogP contribution in [0.3, 0.4) is 0 Å². The largest absolute Gasteiger partial charge is 0.508 e. The average molecular weight is 288 g/mol. The number of aromatic hydroxyl groups is 1. The summed E-state index contributed by atoms with van der Waals surface area (Å²) in [5.74, 6) is -2.15. The van der Waals surface area contributed by atoms with Crippen LogP contribution in [0.1, 0.15) is 18.9 Å². The molecule has 2 rings (SSSR count). The van der Waals surface area contributed by atoms with Crippen LogP contribution in [0.25, 0.3) is 6.08 Å². The number of halogens is 3. The van der Waals surface area contributed by atoms with Crippen LogP contribution in [0.15, 0.2) is 23.8 Å². The van der Waals surface area contributed by atoms with Crippen LogP contribution in [-0.4, -0.2) is 28.0 Å². The van der Waals surface area contributed by atoms with Gasteiger partial charge in [-0.2, -0.15) is 13.2 Å². The Labute approximate surface area is 112 Å². The molecule has 1 aromatic rings. The third kappa shape index (κ3) is 1.99. The molecule has 1 atom stereocenters. The van der Waals surface area contributed by atoms with E-state index in [0.29, 0.717) is 0 Å². The number of hydrogen-bond donors (Lipinski definition) is 2. The van der Waals surface area contributed by atoms with Crippen molar-refractivity contribution in [1.82, 2.24) is 0 Å². The van der Waals surface area contributed by atoms with Gasteiger partial charge in [0.15, 0.2) is 0 Å². The first kappa shape index (κ1) is 14.2. The van der Waals surface area contributed by atoms with Gasteiger partial charge in [-0.25, -0.2) is 4.79 Å². The standard InChI is InChI=1S/C13H11F3O4/c1-2-12(13(14,15)16)9(11(18)19)5-7-3-4-8(17)6-10(7)20-12/h3-6,17H,2H2,1H3,(H,18,19). The van der Waals surface area contributed by atoms with Gasteiger partial charge in [-0.15, -0.1) is 0 Å². The van der Waals surface area contributed by atoms with Crippen molar-refractivity contribution in [1.29, 1.82) is 0 Å². The number of alkyl halides is 3. The molecule has 0 fully saturated rings. The van der Waals surface area contributed by atoms with Gasteiger partial charge in [-0.1, -0.05) is 6.92 Å². The number of carboxylic acids is 1. The molecule has 0 radical (unpaired) electrons. The van der Waals surface area contributed by atoms with E-state index in [0.717, 1.165) is 12.1 Å². The molecule has 7 heteroatoms. The molecule has 0 saturated heterocycles. The minimum absolute atomic E-state index is 0.175. The van der Waals surface area contributed by atoms with Crippen LogP contribution in [0.4, 0.5) is 13.2 Å². The summed E-state index contributed by atoms with van der Waals surface area (Å²) in [6, 6.07) is 3.56. The Balaban J connectivity index is 2.69. The molecule has 0 aromatic heterocycles. The average Bonchev–Trinajstić information content (AvgIpc) is 2.35. The van der Waals surface area contributed by atoms with Gasteiger partial charge < -0.3 is 14.9 Å².